The molecule has 0 amide bonds. The lowest BCUT2D eigenvalue weighted by molar-refractivity contribution is 0.428. The lowest BCUT2D eigenvalue weighted by Gasteiger charge is -2.19. The fraction of sp³-hybridized carbons (Fsp3) is 0.467. The second-order valence-electron chi connectivity index (χ2n) is 5.21. The van der Waals surface area contributed by atoms with Gasteiger partial charge in [0, 0.05) is 19.0 Å². The number of hydrogen-bond donors (Lipinski definition) is 1. The molecule has 0 aliphatic heterocycles. The van der Waals surface area contributed by atoms with E-state index in [1.165, 1.54) is 4.31 Å². The number of hydrogen-bond acceptors (Lipinski definition) is 3. The maximum absolute atomic E-state index is 12.2. The second-order valence-corrected chi connectivity index (χ2v) is 7.02. The number of para-hydroxylation sites is 1. The van der Waals surface area contributed by atoms with Crippen molar-refractivity contribution in [1.82, 2.24) is 9.03 Å². The first-order chi connectivity index (χ1) is 9.94. The molecule has 0 bridgehead atoms. The average molecular weight is 310 g/mol. The summed E-state index contributed by atoms with van der Waals surface area (Å²) in [5, 5.41) is 0.970. The third-order valence-corrected chi connectivity index (χ3v) is 5.09. The van der Waals surface area contributed by atoms with Crippen LogP contribution in [0.3, 0.4) is 0 Å². The highest BCUT2D eigenvalue weighted by Crippen LogP contribution is 2.24. The number of nitrogens with one attached hydrogen (secondary N) is 1. The zero-order chi connectivity index (χ0) is 15.5. The molecule has 0 aliphatic rings. The molecule has 1 aromatic carbocycles. The van der Waals surface area contributed by atoms with E-state index < -0.39 is 16.3 Å². The number of nitrogens with zero attached hydrogens (tertiary/aromatic N) is 1. The zero-order valence-electron chi connectivity index (χ0n) is 12.7. The van der Waals surface area contributed by atoms with E-state index in [0.717, 1.165) is 23.8 Å². The average Bonchev–Trinajstić information content (AvgIpc) is 2.88. The van der Waals surface area contributed by atoms with Gasteiger partial charge in [-0.3, -0.25) is 0 Å². The predicted molar refractivity (Wildman–Crippen MR) is 84.2 cm³/mol. The monoisotopic (exact) mass is 310 g/mol. The third kappa shape index (κ3) is 3.84. The first-order valence-corrected chi connectivity index (χ1v) is 8.60. The van der Waals surface area contributed by atoms with Crippen molar-refractivity contribution < 1.29 is 12.8 Å². The molecule has 0 saturated carbocycles. The minimum Gasteiger partial charge on any atom is -0.459 e. The van der Waals surface area contributed by atoms with Crippen LogP contribution in [0.4, 0.5) is 0 Å². The topological polar surface area (TPSA) is 62.6 Å². The number of furan rings is 1. The van der Waals surface area contributed by atoms with Gasteiger partial charge in [0.2, 0.25) is 0 Å². The normalized spacial score (nSPS) is 13.9. The number of rotatable bonds is 7. The molecular weight excluding hydrogens is 288 g/mol. The van der Waals surface area contributed by atoms with Crippen LogP contribution in [0.1, 0.15) is 38.5 Å². The third-order valence-electron chi connectivity index (χ3n) is 3.43. The van der Waals surface area contributed by atoms with Gasteiger partial charge in [0.25, 0.3) is 10.2 Å². The predicted octanol–water partition coefficient (Wildman–Crippen LogP) is 3.06. The van der Waals surface area contributed by atoms with Gasteiger partial charge < -0.3 is 4.42 Å². The summed E-state index contributed by atoms with van der Waals surface area (Å²) < 4.78 is 34.1. The van der Waals surface area contributed by atoms with Gasteiger partial charge in [0.15, 0.2) is 0 Å². The van der Waals surface area contributed by atoms with Crippen LogP contribution in [-0.2, 0) is 10.2 Å². The molecule has 6 heteroatoms. The van der Waals surface area contributed by atoms with Crippen LogP contribution in [0.5, 0.6) is 0 Å². The van der Waals surface area contributed by atoms with Gasteiger partial charge >= 0.3 is 0 Å². The Bertz CT molecular complexity index is 661. The van der Waals surface area contributed by atoms with Crippen LogP contribution < -0.4 is 4.72 Å². The number of unbranched alkanes of at least 4 members (excludes halogenated alkanes) is 1. The Morgan fingerprint density at radius 3 is 2.71 bits per heavy atom. The van der Waals surface area contributed by atoms with Gasteiger partial charge in [0.1, 0.15) is 11.3 Å². The zero-order valence-corrected chi connectivity index (χ0v) is 13.5. The van der Waals surface area contributed by atoms with Crippen LogP contribution in [-0.4, -0.2) is 26.3 Å². The molecule has 0 spiro atoms. The molecule has 0 radical (unpaired) electrons. The number of fused-ring (bicyclic) bond motifs is 1. The quantitative estimate of drug-likeness (QED) is 0.855. The van der Waals surface area contributed by atoms with E-state index in [1.54, 1.807) is 14.0 Å². The van der Waals surface area contributed by atoms with Crippen molar-refractivity contribution in [3.8, 4) is 0 Å². The van der Waals surface area contributed by atoms with Gasteiger partial charge in [-0.05, 0) is 25.5 Å². The van der Waals surface area contributed by atoms with E-state index in [-0.39, 0.29) is 0 Å². The Kier molecular flexibility index (Phi) is 5.03. The molecule has 1 heterocycles. The smallest absolute Gasteiger partial charge is 0.279 e. The van der Waals surface area contributed by atoms with E-state index in [9.17, 15) is 8.42 Å². The first kappa shape index (κ1) is 16.0. The molecule has 0 fully saturated rings. The van der Waals surface area contributed by atoms with E-state index >= 15 is 0 Å². The number of benzene rings is 1. The first-order valence-electron chi connectivity index (χ1n) is 7.16. The fourth-order valence-electron chi connectivity index (χ4n) is 2.09. The summed E-state index contributed by atoms with van der Waals surface area (Å²) in [6.07, 6.45) is 1.80. The molecule has 5 nitrogen and oxygen atoms in total. The van der Waals surface area contributed by atoms with E-state index in [1.807, 2.05) is 37.3 Å². The van der Waals surface area contributed by atoms with E-state index in [2.05, 4.69) is 4.72 Å². The van der Waals surface area contributed by atoms with E-state index in [0.29, 0.717) is 12.3 Å². The Morgan fingerprint density at radius 1 is 1.33 bits per heavy atom. The van der Waals surface area contributed by atoms with Gasteiger partial charge in [0.05, 0.1) is 6.04 Å². The highest BCUT2D eigenvalue weighted by atomic mass is 32.2. The molecule has 2 rings (SSSR count). The van der Waals surface area contributed by atoms with Crippen LogP contribution in [0, 0.1) is 0 Å². The molecule has 1 N–H and O–H groups in total. The Balaban J connectivity index is 2.11. The molecule has 0 aliphatic carbocycles. The summed E-state index contributed by atoms with van der Waals surface area (Å²) in [7, 11) is -1.91. The Morgan fingerprint density at radius 2 is 2.05 bits per heavy atom. The van der Waals surface area contributed by atoms with Crippen molar-refractivity contribution >= 4 is 21.2 Å². The molecule has 1 atom stereocenters. The Hall–Kier alpha value is -1.37. The van der Waals surface area contributed by atoms with Crippen molar-refractivity contribution in [2.24, 2.45) is 0 Å². The van der Waals surface area contributed by atoms with Crippen molar-refractivity contribution in [2.45, 2.75) is 32.7 Å². The van der Waals surface area contributed by atoms with Crippen LogP contribution in [0.15, 0.2) is 34.7 Å². The van der Waals surface area contributed by atoms with Crippen LogP contribution >= 0.6 is 0 Å². The highest BCUT2D eigenvalue weighted by Gasteiger charge is 2.22. The summed E-state index contributed by atoms with van der Waals surface area (Å²) in [5.41, 5.74) is 0.762. The van der Waals surface area contributed by atoms with Crippen LogP contribution in [0.25, 0.3) is 11.0 Å². The maximum Gasteiger partial charge on any atom is 0.279 e. The lowest BCUT2D eigenvalue weighted by atomic mass is 10.2. The standard InChI is InChI=1S/C15H22N2O3S/c1-4-5-10-17(3)21(18,19)16-12(2)15-11-13-8-6-7-9-14(13)20-15/h6-9,11-12,16H,4-5,10H2,1-3H3. The summed E-state index contributed by atoms with van der Waals surface area (Å²) in [6.45, 7) is 4.33. The largest absolute Gasteiger partial charge is 0.459 e. The molecule has 0 saturated heterocycles. The summed E-state index contributed by atoms with van der Waals surface area (Å²) in [5.74, 6) is 0.615. The van der Waals surface area contributed by atoms with Gasteiger partial charge in [-0.25, -0.2) is 0 Å². The summed E-state index contributed by atoms with van der Waals surface area (Å²) in [4.78, 5) is 0. The van der Waals surface area contributed by atoms with Crippen LogP contribution in [0.2, 0.25) is 0 Å². The molecule has 116 valence electrons. The maximum atomic E-state index is 12.2. The van der Waals surface area contributed by atoms with Gasteiger partial charge in [-0.1, -0.05) is 31.5 Å². The Labute approximate surface area is 126 Å². The molecular formula is C15H22N2O3S. The highest BCUT2D eigenvalue weighted by molar-refractivity contribution is 7.87. The SMILES string of the molecule is CCCCN(C)S(=O)(=O)NC(C)c1cc2ccccc2o1. The molecule has 1 aromatic heterocycles. The molecule has 1 unspecified atom stereocenters. The minimum absolute atomic E-state index is 0.411. The minimum atomic E-state index is -3.49. The van der Waals surface area contributed by atoms with Crippen molar-refractivity contribution in [1.29, 1.82) is 0 Å². The van der Waals surface area contributed by atoms with Gasteiger partial charge in [-0.15, -0.1) is 0 Å². The molecule has 2 aromatic rings. The van der Waals surface area contributed by atoms with Crippen molar-refractivity contribution in [3.05, 3.63) is 36.1 Å². The summed E-state index contributed by atoms with van der Waals surface area (Å²) in [6, 6.07) is 9.09. The second kappa shape index (κ2) is 6.60. The van der Waals surface area contributed by atoms with Gasteiger partial charge in [-0.2, -0.15) is 17.4 Å². The van der Waals surface area contributed by atoms with Crippen molar-refractivity contribution in [2.75, 3.05) is 13.6 Å². The van der Waals surface area contributed by atoms with E-state index in [4.69, 9.17) is 4.42 Å². The summed E-state index contributed by atoms with van der Waals surface area (Å²) >= 11 is 0. The van der Waals surface area contributed by atoms with Crippen molar-refractivity contribution in [3.63, 3.8) is 0 Å². The fourth-order valence-corrected chi connectivity index (χ4v) is 3.20. The molecule has 21 heavy (non-hydrogen) atoms. The lowest BCUT2D eigenvalue weighted by Crippen LogP contribution is -2.39.